The molecule has 0 fully saturated rings. The topological polar surface area (TPSA) is 45.4 Å². The summed E-state index contributed by atoms with van der Waals surface area (Å²) in [5, 5.41) is 11.8. The maximum atomic E-state index is 8.62. The molecule has 1 rings (SSSR count). The van der Waals surface area contributed by atoms with Crippen molar-refractivity contribution in [3.8, 4) is 0 Å². The lowest BCUT2D eigenvalue weighted by atomic mass is 10.2. The van der Waals surface area contributed by atoms with Gasteiger partial charge in [-0.05, 0) is 18.6 Å². The predicted molar refractivity (Wildman–Crippen MR) is 46.8 cm³/mol. The molecule has 1 aromatic heterocycles. The third-order valence-corrected chi connectivity index (χ3v) is 1.80. The average molecular weight is 169 g/mol. The second kappa shape index (κ2) is 4.95. The van der Waals surface area contributed by atoms with Crippen LogP contribution in [0, 0.1) is 0 Å². The van der Waals surface area contributed by atoms with Crippen molar-refractivity contribution in [1.29, 1.82) is 0 Å². The molecular formula is C9H15NO2. The molecule has 0 bridgehead atoms. The Morgan fingerprint density at radius 1 is 1.67 bits per heavy atom. The van der Waals surface area contributed by atoms with Gasteiger partial charge < -0.3 is 14.8 Å². The maximum absolute atomic E-state index is 8.62. The summed E-state index contributed by atoms with van der Waals surface area (Å²) in [6.07, 6.45) is 2.63. The molecule has 0 spiro atoms. The van der Waals surface area contributed by atoms with Gasteiger partial charge in [-0.25, -0.2) is 0 Å². The zero-order chi connectivity index (χ0) is 8.81. The van der Waals surface area contributed by atoms with Crippen LogP contribution >= 0.6 is 0 Å². The van der Waals surface area contributed by atoms with Gasteiger partial charge in [0.1, 0.15) is 5.76 Å². The fraction of sp³-hybridized carbons (Fsp3) is 0.556. The van der Waals surface area contributed by atoms with Crippen molar-refractivity contribution in [2.24, 2.45) is 0 Å². The normalized spacial score (nSPS) is 13.2. The molecule has 12 heavy (non-hydrogen) atoms. The van der Waals surface area contributed by atoms with Crippen LogP contribution in [-0.4, -0.2) is 18.3 Å². The zero-order valence-corrected chi connectivity index (χ0v) is 7.29. The number of furan rings is 1. The first-order chi connectivity index (χ1) is 5.88. The molecule has 3 nitrogen and oxygen atoms in total. The van der Waals surface area contributed by atoms with Crippen LogP contribution in [0.3, 0.4) is 0 Å². The van der Waals surface area contributed by atoms with E-state index in [2.05, 4.69) is 12.2 Å². The molecule has 0 amide bonds. The lowest BCUT2D eigenvalue weighted by Gasteiger charge is -2.12. The van der Waals surface area contributed by atoms with E-state index in [-0.39, 0.29) is 12.6 Å². The maximum Gasteiger partial charge on any atom is 0.120 e. The Morgan fingerprint density at radius 3 is 3.00 bits per heavy atom. The van der Waals surface area contributed by atoms with E-state index in [1.54, 1.807) is 6.26 Å². The number of nitrogens with one attached hydrogen (secondary N) is 1. The van der Waals surface area contributed by atoms with Gasteiger partial charge in [-0.1, -0.05) is 6.92 Å². The van der Waals surface area contributed by atoms with Gasteiger partial charge in [0.15, 0.2) is 0 Å². The van der Waals surface area contributed by atoms with E-state index in [0.717, 1.165) is 12.2 Å². The number of rotatable bonds is 5. The van der Waals surface area contributed by atoms with Crippen molar-refractivity contribution in [3.05, 3.63) is 24.2 Å². The van der Waals surface area contributed by atoms with Crippen LogP contribution in [-0.2, 0) is 0 Å². The fourth-order valence-corrected chi connectivity index (χ4v) is 1.17. The van der Waals surface area contributed by atoms with Crippen molar-refractivity contribution in [2.45, 2.75) is 19.4 Å². The SMILES string of the molecule is CCC(NCCO)c1ccco1. The molecule has 0 saturated heterocycles. The minimum absolute atomic E-state index is 0.164. The van der Waals surface area contributed by atoms with Crippen LogP contribution < -0.4 is 5.32 Å². The third kappa shape index (κ3) is 2.36. The van der Waals surface area contributed by atoms with E-state index < -0.39 is 0 Å². The van der Waals surface area contributed by atoms with E-state index in [1.165, 1.54) is 0 Å². The van der Waals surface area contributed by atoms with Crippen LogP contribution in [0.5, 0.6) is 0 Å². The molecule has 1 heterocycles. The Morgan fingerprint density at radius 2 is 2.50 bits per heavy atom. The molecule has 0 aliphatic heterocycles. The van der Waals surface area contributed by atoms with Gasteiger partial charge in [-0.3, -0.25) is 0 Å². The Balaban J connectivity index is 2.45. The summed E-state index contributed by atoms with van der Waals surface area (Å²) in [4.78, 5) is 0. The van der Waals surface area contributed by atoms with Gasteiger partial charge in [0.25, 0.3) is 0 Å². The minimum atomic E-state index is 0.164. The molecule has 0 aromatic carbocycles. The highest BCUT2D eigenvalue weighted by Crippen LogP contribution is 2.15. The lowest BCUT2D eigenvalue weighted by molar-refractivity contribution is 0.277. The summed E-state index contributed by atoms with van der Waals surface area (Å²) in [6.45, 7) is 2.86. The van der Waals surface area contributed by atoms with Crippen molar-refractivity contribution in [2.75, 3.05) is 13.2 Å². The Hall–Kier alpha value is -0.800. The molecule has 0 radical (unpaired) electrons. The van der Waals surface area contributed by atoms with Gasteiger partial charge >= 0.3 is 0 Å². The highest BCUT2D eigenvalue weighted by molar-refractivity contribution is 5.03. The van der Waals surface area contributed by atoms with Gasteiger partial charge in [-0.2, -0.15) is 0 Å². The first-order valence-corrected chi connectivity index (χ1v) is 4.26. The highest BCUT2D eigenvalue weighted by atomic mass is 16.3. The first kappa shape index (κ1) is 9.29. The number of aliphatic hydroxyl groups excluding tert-OH is 1. The summed E-state index contributed by atoms with van der Waals surface area (Å²) >= 11 is 0. The third-order valence-electron chi connectivity index (χ3n) is 1.80. The van der Waals surface area contributed by atoms with Gasteiger partial charge in [0, 0.05) is 6.54 Å². The molecule has 0 saturated carbocycles. The van der Waals surface area contributed by atoms with E-state index in [1.807, 2.05) is 12.1 Å². The molecular weight excluding hydrogens is 154 g/mol. The van der Waals surface area contributed by atoms with E-state index in [9.17, 15) is 0 Å². The Bertz CT molecular complexity index is 196. The van der Waals surface area contributed by atoms with Crippen LogP contribution in [0.2, 0.25) is 0 Å². The number of hydrogen-bond donors (Lipinski definition) is 2. The molecule has 0 aliphatic carbocycles. The predicted octanol–water partition coefficient (Wildman–Crippen LogP) is 1.31. The molecule has 1 aromatic rings. The van der Waals surface area contributed by atoms with Gasteiger partial charge in [0.05, 0.1) is 18.9 Å². The summed E-state index contributed by atoms with van der Waals surface area (Å²) in [6, 6.07) is 4.05. The van der Waals surface area contributed by atoms with Crippen LogP contribution in [0.1, 0.15) is 25.1 Å². The number of hydrogen-bond acceptors (Lipinski definition) is 3. The molecule has 0 aliphatic rings. The van der Waals surface area contributed by atoms with Crippen LogP contribution in [0.4, 0.5) is 0 Å². The summed E-state index contributed by atoms with van der Waals surface area (Å²) < 4.78 is 5.24. The number of aliphatic hydroxyl groups is 1. The fourth-order valence-electron chi connectivity index (χ4n) is 1.17. The van der Waals surface area contributed by atoms with Crippen LogP contribution in [0.25, 0.3) is 0 Å². The van der Waals surface area contributed by atoms with E-state index >= 15 is 0 Å². The molecule has 2 N–H and O–H groups in total. The monoisotopic (exact) mass is 169 g/mol. The summed E-state index contributed by atoms with van der Waals surface area (Å²) in [7, 11) is 0. The highest BCUT2D eigenvalue weighted by Gasteiger charge is 2.09. The van der Waals surface area contributed by atoms with Gasteiger partial charge in [-0.15, -0.1) is 0 Å². The standard InChI is InChI=1S/C9H15NO2/c1-2-8(10-5-6-11)9-4-3-7-12-9/h3-4,7-8,10-11H,2,5-6H2,1H3. The quantitative estimate of drug-likeness (QED) is 0.698. The van der Waals surface area contributed by atoms with E-state index in [4.69, 9.17) is 9.52 Å². The summed E-state index contributed by atoms with van der Waals surface area (Å²) in [5.41, 5.74) is 0. The Kier molecular flexibility index (Phi) is 3.84. The van der Waals surface area contributed by atoms with E-state index in [0.29, 0.717) is 6.54 Å². The second-order valence-corrected chi connectivity index (χ2v) is 2.65. The molecule has 68 valence electrons. The molecule has 1 atom stereocenters. The van der Waals surface area contributed by atoms with Crippen molar-refractivity contribution < 1.29 is 9.52 Å². The van der Waals surface area contributed by atoms with Crippen LogP contribution in [0.15, 0.2) is 22.8 Å². The molecule has 1 unspecified atom stereocenters. The smallest absolute Gasteiger partial charge is 0.120 e. The summed E-state index contributed by atoms with van der Waals surface area (Å²) in [5.74, 6) is 0.936. The zero-order valence-electron chi connectivity index (χ0n) is 7.29. The Labute approximate surface area is 72.4 Å². The second-order valence-electron chi connectivity index (χ2n) is 2.65. The van der Waals surface area contributed by atoms with Gasteiger partial charge in [0.2, 0.25) is 0 Å². The lowest BCUT2D eigenvalue weighted by Crippen LogP contribution is -2.23. The largest absolute Gasteiger partial charge is 0.468 e. The first-order valence-electron chi connectivity index (χ1n) is 4.26. The molecule has 3 heteroatoms. The van der Waals surface area contributed by atoms with Crippen molar-refractivity contribution in [1.82, 2.24) is 5.32 Å². The van der Waals surface area contributed by atoms with Crippen molar-refractivity contribution >= 4 is 0 Å². The average Bonchev–Trinajstić information content (AvgIpc) is 2.59. The van der Waals surface area contributed by atoms with Crippen molar-refractivity contribution in [3.63, 3.8) is 0 Å². The minimum Gasteiger partial charge on any atom is -0.468 e.